The minimum atomic E-state index is -1.17. The monoisotopic (exact) mass is 295 g/mol. The van der Waals surface area contributed by atoms with E-state index in [9.17, 15) is 14.8 Å². The zero-order valence-corrected chi connectivity index (χ0v) is 12.2. The number of aliphatic hydroxyl groups is 1. The Morgan fingerprint density at radius 1 is 1.20 bits per heavy atom. The van der Waals surface area contributed by atoms with Crippen LogP contribution in [0.1, 0.15) is 56.6 Å². The summed E-state index contributed by atoms with van der Waals surface area (Å²) in [6, 6.07) is 6.60. The van der Waals surface area contributed by atoms with Crippen LogP contribution in [0.5, 0.6) is 0 Å². The second-order valence-corrected chi connectivity index (χ2v) is 5.98. The molecule has 0 radical (unpaired) electrons. The number of rotatable bonds is 2. The van der Waals surface area contributed by atoms with Gasteiger partial charge >= 0.3 is 0 Å². The Labute approximate surface area is 124 Å². The van der Waals surface area contributed by atoms with Crippen LogP contribution in [0, 0.1) is 22.6 Å². The molecular formula is C16H19ClFNO. The van der Waals surface area contributed by atoms with Gasteiger partial charge in [-0.05, 0) is 25.0 Å². The number of nitrogens with zero attached hydrogens (tertiary/aromatic N) is 1. The van der Waals surface area contributed by atoms with E-state index in [1.165, 1.54) is 12.1 Å². The van der Waals surface area contributed by atoms with Gasteiger partial charge in [-0.3, -0.25) is 0 Å². The highest BCUT2D eigenvalue weighted by molar-refractivity contribution is 6.31. The first kappa shape index (κ1) is 15.3. The van der Waals surface area contributed by atoms with Gasteiger partial charge in [-0.2, -0.15) is 5.26 Å². The summed E-state index contributed by atoms with van der Waals surface area (Å²) >= 11 is 6.03. The number of halogens is 2. The van der Waals surface area contributed by atoms with E-state index in [4.69, 9.17) is 11.6 Å². The summed E-state index contributed by atoms with van der Waals surface area (Å²) in [6.45, 7) is 0. The maximum Gasteiger partial charge on any atom is 0.130 e. The maximum atomic E-state index is 14.0. The molecule has 1 unspecified atom stereocenters. The summed E-state index contributed by atoms with van der Waals surface area (Å²) < 4.78 is 14.0. The molecule has 0 heterocycles. The third-order valence-corrected chi connectivity index (χ3v) is 4.59. The highest BCUT2D eigenvalue weighted by atomic mass is 35.5. The van der Waals surface area contributed by atoms with Crippen LogP contribution in [-0.4, -0.2) is 5.11 Å². The van der Waals surface area contributed by atoms with Crippen molar-refractivity contribution in [2.75, 3.05) is 0 Å². The minimum Gasteiger partial charge on any atom is -0.387 e. The van der Waals surface area contributed by atoms with Crippen LogP contribution in [0.2, 0.25) is 5.02 Å². The molecule has 0 bridgehead atoms. The topological polar surface area (TPSA) is 44.0 Å². The van der Waals surface area contributed by atoms with Crippen molar-refractivity contribution in [1.29, 1.82) is 5.26 Å². The average molecular weight is 296 g/mol. The first-order valence-electron chi connectivity index (χ1n) is 7.14. The van der Waals surface area contributed by atoms with E-state index in [0.29, 0.717) is 12.8 Å². The molecule has 0 aliphatic heterocycles. The molecule has 1 fully saturated rings. The summed E-state index contributed by atoms with van der Waals surface area (Å²) in [6.07, 6.45) is 5.07. The van der Waals surface area contributed by atoms with Gasteiger partial charge in [0.15, 0.2) is 0 Å². The second-order valence-electron chi connectivity index (χ2n) is 5.57. The fourth-order valence-corrected chi connectivity index (χ4v) is 3.30. The lowest BCUT2D eigenvalue weighted by molar-refractivity contribution is 0.0408. The Bertz CT molecular complexity index is 483. The molecule has 1 aliphatic rings. The van der Waals surface area contributed by atoms with Crippen molar-refractivity contribution in [3.63, 3.8) is 0 Å². The smallest absolute Gasteiger partial charge is 0.130 e. The second kappa shape index (κ2) is 6.56. The van der Waals surface area contributed by atoms with Gasteiger partial charge in [0, 0.05) is 10.6 Å². The lowest BCUT2D eigenvalue weighted by Gasteiger charge is -2.34. The van der Waals surface area contributed by atoms with Gasteiger partial charge in [0.1, 0.15) is 11.9 Å². The SMILES string of the molecule is N#CC1(C(O)c2c(F)cccc2Cl)CCCCCCC1. The Hall–Kier alpha value is -1.11. The Morgan fingerprint density at radius 3 is 2.35 bits per heavy atom. The number of hydrogen-bond acceptors (Lipinski definition) is 2. The molecule has 4 heteroatoms. The highest BCUT2D eigenvalue weighted by Gasteiger charge is 2.40. The predicted molar refractivity (Wildman–Crippen MR) is 76.7 cm³/mol. The van der Waals surface area contributed by atoms with Gasteiger partial charge < -0.3 is 5.11 Å². The molecule has 1 aromatic carbocycles. The normalized spacial score (nSPS) is 20.5. The van der Waals surface area contributed by atoms with Crippen LogP contribution in [0.15, 0.2) is 18.2 Å². The van der Waals surface area contributed by atoms with Gasteiger partial charge in [0.25, 0.3) is 0 Å². The molecular weight excluding hydrogens is 277 g/mol. The fourth-order valence-electron chi connectivity index (χ4n) is 3.03. The maximum absolute atomic E-state index is 14.0. The quantitative estimate of drug-likeness (QED) is 0.854. The third-order valence-electron chi connectivity index (χ3n) is 4.27. The van der Waals surface area contributed by atoms with Gasteiger partial charge in [-0.1, -0.05) is 49.8 Å². The number of nitriles is 1. The Kier molecular flexibility index (Phi) is 5.01. The van der Waals surface area contributed by atoms with Crippen molar-refractivity contribution in [3.8, 4) is 6.07 Å². The minimum absolute atomic E-state index is 0.0660. The van der Waals surface area contributed by atoms with Crippen LogP contribution in [0.4, 0.5) is 4.39 Å². The largest absolute Gasteiger partial charge is 0.387 e. The number of benzene rings is 1. The van der Waals surface area contributed by atoms with E-state index in [-0.39, 0.29) is 10.6 Å². The fraction of sp³-hybridized carbons (Fsp3) is 0.562. The molecule has 0 aromatic heterocycles. The molecule has 1 aromatic rings. The first-order valence-corrected chi connectivity index (χ1v) is 7.52. The van der Waals surface area contributed by atoms with E-state index in [0.717, 1.165) is 32.1 Å². The van der Waals surface area contributed by atoms with E-state index in [1.807, 2.05) is 0 Å². The van der Waals surface area contributed by atoms with Crippen molar-refractivity contribution >= 4 is 11.6 Å². The lowest BCUT2D eigenvalue weighted by atomic mass is 9.71. The molecule has 2 rings (SSSR count). The molecule has 1 N–H and O–H groups in total. The van der Waals surface area contributed by atoms with E-state index >= 15 is 0 Å². The third kappa shape index (κ3) is 2.97. The van der Waals surface area contributed by atoms with Crippen LogP contribution >= 0.6 is 11.6 Å². The molecule has 20 heavy (non-hydrogen) atoms. The van der Waals surface area contributed by atoms with Crippen molar-refractivity contribution in [3.05, 3.63) is 34.6 Å². The summed E-state index contributed by atoms with van der Waals surface area (Å²) in [5.41, 5.74) is -0.858. The van der Waals surface area contributed by atoms with Gasteiger partial charge in [0.2, 0.25) is 0 Å². The van der Waals surface area contributed by atoms with Crippen LogP contribution in [-0.2, 0) is 0 Å². The zero-order valence-electron chi connectivity index (χ0n) is 11.4. The van der Waals surface area contributed by atoms with E-state index < -0.39 is 17.3 Å². The lowest BCUT2D eigenvalue weighted by Crippen LogP contribution is -2.29. The molecule has 1 saturated carbocycles. The molecule has 2 nitrogen and oxygen atoms in total. The summed E-state index contributed by atoms with van der Waals surface area (Å²) in [7, 11) is 0. The number of aliphatic hydroxyl groups excluding tert-OH is 1. The van der Waals surface area contributed by atoms with Gasteiger partial charge in [0.05, 0.1) is 11.5 Å². The first-order chi connectivity index (χ1) is 9.60. The Morgan fingerprint density at radius 2 is 1.80 bits per heavy atom. The van der Waals surface area contributed by atoms with Crippen molar-refractivity contribution in [2.45, 2.75) is 51.0 Å². The Balaban J connectivity index is 2.37. The van der Waals surface area contributed by atoms with Crippen LogP contribution in [0.3, 0.4) is 0 Å². The van der Waals surface area contributed by atoms with Crippen LogP contribution < -0.4 is 0 Å². The molecule has 0 spiro atoms. The molecule has 0 saturated heterocycles. The van der Waals surface area contributed by atoms with Crippen molar-refractivity contribution in [2.24, 2.45) is 5.41 Å². The zero-order chi connectivity index (χ0) is 14.6. The van der Waals surface area contributed by atoms with Crippen molar-refractivity contribution in [1.82, 2.24) is 0 Å². The van der Waals surface area contributed by atoms with Crippen molar-refractivity contribution < 1.29 is 9.50 Å². The van der Waals surface area contributed by atoms with Crippen LogP contribution in [0.25, 0.3) is 0 Å². The average Bonchev–Trinajstić information content (AvgIpc) is 2.39. The molecule has 1 atom stereocenters. The predicted octanol–water partition coefficient (Wildman–Crippen LogP) is 4.77. The summed E-state index contributed by atoms with van der Waals surface area (Å²) in [5.74, 6) is -0.540. The van der Waals surface area contributed by atoms with Gasteiger partial charge in [-0.15, -0.1) is 0 Å². The van der Waals surface area contributed by atoms with E-state index in [1.54, 1.807) is 6.07 Å². The summed E-state index contributed by atoms with van der Waals surface area (Å²) in [5, 5.41) is 20.4. The summed E-state index contributed by atoms with van der Waals surface area (Å²) in [4.78, 5) is 0. The molecule has 108 valence electrons. The standard InChI is InChI=1S/C16H19ClFNO/c17-12-7-6-8-13(18)14(12)15(20)16(11-19)9-4-2-1-3-5-10-16/h6-8,15,20H,1-5,9-10H2. The molecule has 1 aliphatic carbocycles. The highest BCUT2D eigenvalue weighted by Crippen LogP contribution is 2.46. The molecule has 0 amide bonds. The van der Waals surface area contributed by atoms with E-state index in [2.05, 4.69) is 6.07 Å². The number of hydrogen-bond donors (Lipinski definition) is 1. The van der Waals surface area contributed by atoms with Gasteiger partial charge in [-0.25, -0.2) is 4.39 Å².